The number of ether oxygens (including phenoxy) is 4. The predicted molar refractivity (Wildman–Crippen MR) is 179 cm³/mol. The lowest BCUT2D eigenvalue weighted by molar-refractivity contribution is -0.468. The average Bonchev–Trinajstić information content (AvgIpc) is 3.07. The molecule has 0 spiro atoms. The van der Waals surface area contributed by atoms with E-state index in [1.54, 1.807) is 60.7 Å². The van der Waals surface area contributed by atoms with Gasteiger partial charge in [0.05, 0.1) is 49.4 Å². The zero-order chi connectivity index (χ0) is 34.1. The summed E-state index contributed by atoms with van der Waals surface area (Å²) >= 11 is 0. The maximum absolute atomic E-state index is 14.8. The third-order valence-corrected chi connectivity index (χ3v) is 9.10. The largest absolute Gasteiger partial charge is 0.496 e. The number of hydrogen-bond acceptors (Lipinski definition) is 10. The zero-order valence-electron chi connectivity index (χ0n) is 26.0. The van der Waals surface area contributed by atoms with Crippen LogP contribution in [-0.2, 0) is 9.84 Å². The molecule has 0 saturated carbocycles. The minimum atomic E-state index is -4.79. The first kappa shape index (κ1) is 34.2. The Bertz CT molecular complexity index is 1810. The van der Waals surface area contributed by atoms with Crippen LogP contribution in [0.1, 0.15) is 11.1 Å². The van der Waals surface area contributed by atoms with E-state index < -0.39 is 42.6 Å². The summed E-state index contributed by atoms with van der Waals surface area (Å²) < 4.78 is 52.4. The molecule has 4 aromatic rings. The van der Waals surface area contributed by atoms with E-state index in [0.717, 1.165) is 12.2 Å². The first-order valence-corrected chi connectivity index (χ1v) is 15.6. The van der Waals surface area contributed by atoms with Crippen molar-refractivity contribution in [1.82, 2.24) is 0 Å². The number of rotatable bonds is 14. The lowest BCUT2D eigenvalue weighted by Crippen LogP contribution is -2.13. The van der Waals surface area contributed by atoms with Crippen molar-refractivity contribution in [1.29, 1.82) is 0 Å². The predicted octanol–water partition coefficient (Wildman–Crippen LogP) is 6.41. The number of methoxy groups -OCH3 is 4. The highest BCUT2D eigenvalue weighted by Gasteiger charge is 2.34. The van der Waals surface area contributed by atoms with Gasteiger partial charge in [0.1, 0.15) is 23.0 Å². The second-order valence-corrected chi connectivity index (χ2v) is 11.7. The van der Waals surface area contributed by atoms with Crippen molar-refractivity contribution < 1.29 is 37.2 Å². The van der Waals surface area contributed by atoms with Crippen LogP contribution in [0.5, 0.6) is 23.0 Å². The van der Waals surface area contributed by atoms with E-state index in [9.17, 15) is 28.6 Å². The molecule has 0 radical (unpaired) electrons. The van der Waals surface area contributed by atoms with Crippen LogP contribution in [0.3, 0.4) is 0 Å². The molecule has 4 rings (SSSR count). The Morgan fingerprint density at radius 1 is 0.596 bits per heavy atom. The molecule has 0 atom stereocenters. The summed E-state index contributed by atoms with van der Waals surface area (Å²) in [6.07, 6.45) is 1.89. The van der Waals surface area contributed by atoms with Gasteiger partial charge in [-0.05, 0) is 35.4 Å². The number of benzene rings is 4. The van der Waals surface area contributed by atoms with Crippen LogP contribution in [0.4, 0.5) is 0 Å². The number of hydrogen-bond donors (Lipinski definition) is 0. The van der Waals surface area contributed by atoms with Gasteiger partial charge in [-0.1, -0.05) is 60.7 Å². The normalized spacial score (nSPS) is 11.9. The van der Waals surface area contributed by atoms with Gasteiger partial charge in [-0.3, -0.25) is 20.2 Å². The van der Waals surface area contributed by atoms with Crippen LogP contribution >= 0.6 is 0 Å². The van der Waals surface area contributed by atoms with Gasteiger partial charge in [0, 0.05) is 33.1 Å². The van der Waals surface area contributed by atoms with Gasteiger partial charge in [0.25, 0.3) is 0 Å². The Labute approximate surface area is 271 Å². The maximum Gasteiger partial charge on any atom is 0.223 e. The third-order valence-electron chi connectivity index (χ3n) is 7.17. The summed E-state index contributed by atoms with van der Waals surface area (Å²) in [5.41, 5.74) is 2.03. The molecule has 0 aromatic heterocycles. The van der Waals surface area contributed by atoms with E-state index >= 15 is 0 Å². The maximum atomic E-state index is 14.8. The van der Waals surface area contributed by atoms with Crippen molar-refractivity contribution in [3.05, 3.63) is 128 Å². The molecule has 13 heteroatoms. The van der Waals surface area contributed by atoms with Crippen molar-refractivity contribution in [3.8, 4) is 45.3 Å². The molecule has 0 aliphatic heterocycles. The molecule has 0 bridgehead atoms. The van der Waals surface area contributed by atoms with E-state index in [-0.39, 0.29) is 22.6 Å². The molecule has 0 saturated heterocycles. The van der Waals surface area contributed by atoms with Crippen molar-refractivity contribution in [2.45, 2.75) is 0 Å². The zero-order valence-corrected chi connectivity index (χ0v) is 26.9. The number of nitrogens with zero attached hydrogens (tertiary/aromatic N) is 2. The summed E-state index contributed by atoms with van der Waals surface area (Å²) in [5, 5.41) is 23.2. The molecule has 0 N–H and O–H groups in total. The third kappa shape index (κ3) is 7.25. The highest BCUT2D eigenvalue weighted by molar-refractivity contribution is 8.09. The summed E-state index contributed by atoms with van der Waals surface area (Å²) in [5.74, 6) is 0.843. The summed E-state index contributed by atoms with van der Waals surface area (Å²) in [7, 11) is 0.773. The second-order valence-electron chi connectivity index (χ2n) is 9.85. The standard InChI is InChI=1S/C34H32N2O10S/c1-43-27-17-15-25(33(45-3)31(27)23-11-7-5-8-12-23)29(19-21-35(37)38)47(41,42)30(20-22-36(39)40)26-16-18-28(44-2)32(34(26)46-4)24-13-9-6-10-14-24/h5-20H,21-22H2,1-4H3/b29-19+,30-20+. The smallest absolute Gasteiger partial charge is 0.223 e. The second kappa shape index (κ2) is 15.1. The van der Waals surface area contributed by atoms with E-state index in [1.807, 2.05) is 0 Å². The molecule has 0 amide bonds. The number of nitro groups is 2. The monoisotopic (exact) mass is 660 g/mol. The van der Waals surface area contributed by atoms with Gasteiger partial charge < -0.3 is 18.9 Å². The topological polar surface area (TPSA) is 157 Å². The van der Waals surface area contributed by atoms with Crippen LogP contribution in [0.15, 0.2) is 97.1 Å². The van der Waals surface area contributed by atoms with Crippen molar-refractivity contribution in [3.63, 3.8) is 0 Å². The summed E-state index contributed by atoms with van der Waals surface area (Å²) in [6.45, 7) is -1.75. The van der Waals surface area contributed by atoms with E-state index in [4.69, 9.17) is 18.9 Å². The fraction of sp³-hybridized carbons (Fsp3) is 0.176. The fourth-order valence-corrected chi connectivity index (χ4v) is 6.93. The highest BCUT2D eigenvalue weighted by Crippen LogP contribution is 2.49. The van der Waals surface area contributed by atoms with Crippen LogP contribution in [0.25, 0.3) is 32.1 Å². The van der Waals surface area contributed by atoms with Crippen LogP contribution in [0.2, 0.25) is 0 Å². The minimum Gasteiger partial charge on any atom is -0.496 e. The molecule has 4 aromatic carbocycles. The SMILES string of the molecule is COc1ccc(/C(=C\C[N+](=O)[O-])S(=O)(=O)/C(=C/C[N+](=O)[O-])c2ccc(OC)c(-c3ccccc3)c2OC)c(OC)c1-c1ccccc1. The molecule has 0 unspecified atom stereocenters. The molecular weight excluding hydrogens is 628 g/mol. The van der Waals surface area contributed by atoms with Gasteiger partial charge in [0.15, 0.2) is 0 Å². The quantitative estimate of drug-likeness (QED) is 0.109. The molecule has 0 heterocycles. The van der Waals surface area contributed by atoms with Gasteiger partial charge in [-0.2, -0.15) is 0 Å². The van der Waals surface area contributed by atoms with Crippen molar-refractivity contribution in [2.24, 2.45) is 0 Å². The minimum absolute atomic E-state index is 0.0169. The lowest BCUT2D eigenvalue weighted by atomic mass is 9.99. The Hall–Kier alpha value is -5.69. The molecular formula is C34H32N2O10S. The first-order valence-electron chi connectivity index (χ1n) is 14.1. The van der Waals surface area contributed by atoms with E-state index in [0.29, 0.717) is 33.8 Å². The Morgan fingerprint density at radius 3 is 1.26 bits per heavy atom. The highest BCUT2D eigenvalue weighted by atomic mass is 32.2. The molecule has 0 fully saturated rings. The average molecular weight is 661 g/mol. The molecule has 12 nitrogen and oxygen atoms in total. The fourth-order valence-electron chi connectivity index (χ4n) is 5.20. The first-order chi connectivity index (χ1) is 22.6. The van der Waals surface area contributed by atoms with Gasteiger partial charge >= 0.3 is 0 Å². The van der Waals surface area contributed by atoms with Gasteiger partial charge in [-0.25, -0.2) is 8.42 Å². The number of sulfone groups is 1. The summed E-state index contributed by atoms with van der Waals surface area (Å²) in [6, 6.07) is 23.7. The van der Waals surface area contributed by atoms with Crippen molar-refractivity contribution >= 4 is 19.6 Å². The Balaban J connectivity index is 2.09. The van der Waals surface area contributed by atoms with Crippen LogP contribution < -0.4 is 18.9 Å². The Kier molecular flexibility index (Phi) is 11.0. The van der Waals surface area contributed by atoms with Crippen LogP contribution in [0, 0.1) is 20.2 Å². The van der Waals surface area contributed by atoms with Crippen LogP contribution in [-0.4, -0.2) is 59.8 Å². The molecule has 0 aliphatic rings. The van der Waals surface area contributed by atoms with E-state index in [2.05, 4.69) is 0 Å². The Morgan fingerprint density at radius 2 is 0.957 bits per heavy atom. The van der Waals surface area contributed by atoms with Gasteiger partial charge in [-0.15, -0.1) is 0 Å². The molecule has 244 valence electrons. The van der Waals surface area contributed by atoms with Crippen molar-refractivity contribution in [2.75, 3.05) is 41.5 Å². The molecule has 0 aliphatic carbocycles. The molecule has 47 heavy (non-hydrogen) atoms. The van der Waals surface area contributed by atoms with E-state index in [1.165, 1.54) is 52.7 Å². The summed E-state index contributed by atoms with van der Waals surface area (Å²) in [4.78, 5) is 20.8. The van der Waals surface area contributed by atoms with Gasteiger partial charge in [0.2, 0.25) is 22.9 Å². The lowest BCUT2D eigenvalue weighted by Gasteiger charge is -2.22.